The van der Waals surface area contributed by atoms with Crippen molar-refractivity contribution in [2.24, 2.45) is 4.99 Å². The second-order valence-corrected chi connectivity index (χ2v) is 5.28. The molecule has 2 heterocycles. The largest absolute Gasteiger partial charge is 0.264 e. The van der Waals surface area contributed by atoms with E-state index in [4.69, 9.17) is 0 Å². The highest BCUT2D eigenvalue weighted by Crippen LogP contribution is 2.33. The Morgan fingerprint density at radius 2 is 2.26 bits per heavy atom. The summed E-state index contributed by atoms with van der Waals surface area (Å²) in [5, 5.41) is 3.37. The van der Waals surface area contributed by atoms with Crippen LogP contribution in [0.4, 0.5) is 5.69 Å². The Labute approximate surface area is 119 Å². The van der Waals surface area contributed by atoms with Gasteiger partial charge in [-0.1, -0.05) is 0 Å². The number of thiazole rings is 1. The summed E-state index contributed by atoms with van der Waals surface area (Å²) in [5.41, 5.74) is 3.86. The number of aromatic nitrogens is 2. The molecule has 2 aromatic heterocycles. The Kier molecular flexibility index (Phi) is 3.17. The number of aliphatic imine (C=N–C) groups is 1. The van der Waals surface area contributed by atoms with E-state index in [1.165, 1.54) is 0 Å². The first-order valence-corrected chi connectivity index (χ1v) is 6.90. The molecule has 0 N–H and O–H groups in total. The predicted molar refractivity (Wildman–Crippen MR) is 82.3 cm³/mol. The van der Waals surface area contributed by atoms with E-state index in [-0.39, 0.29) is 0 Å². The number of thiocarbonyl (C=S) groups is 1. The lowest BCUT2D eigenvalue weighted by atomic mass is 10.2. The van der Waals surface area contributed by atoms with Gasteiger partial charge in [0.1, 0.15) is 5.01 Å². The van der Waals surface area contributed by atoms with Crippen molar-refractivity contribution in [3.05, 3.63) is 42.2 Å². The Bertz CT molecular complexity index is 787. The zero-order chi connectivity index (χ0) is 13.2. The van der Waals surface area contributed by atoms with E-state index in [2.05, 4.69) is 38.4 Å². The quantitative estimate of drug-likeness (QED) is 0.517. The topological polar surface area (TPSA) is 38.1 Å². The monoisotopic (exact) mass is 283 g/mol. The van der Waals surface area contributed by atoms with E-state index < -0.39 is 0 Å². The summed E-state index contributed by atoms with van der Waals surface area (Å²) < 4.78 is 1.14. The van der Waals surface area contributed by atoms with Crippen molar-refractivity contribution in [3.8, 4) is 10.6 Å². The standard InChI is InChI=1S/C14H9N3S2/c1-9-5-13-12(6-11(9)16-8-18)17-14(19-13)10-3-2-4-15-7-10/h2-7H,1H3. The van der Waals surface area contributed by atoms with Crippen LogP contribution >= 0.6 is 23.6 Å². The van der Waals surface area contributed by atoms with Crippen LogP contribution in [0.3, 0.4) is 0 Å². The number of hydrogen-bond donors (Lipinski definition) is 0. The Hall–Kier alpha value is -1.94. The number of hydrogen-bond acceptors (Lipinski definition) is 5. The molecule has 0 bridgehead atoms. The van der Waals surface area contributed by atoms with E-state index >= 15 is 0 Å². The molecule has 92 valence electrons. The van der Waals surface area contributed by atoms with Crippen LogP contribution in [0.25, 0.3) is 20.8 Å². The normalized spacial score (nSPS) is 10.4. The first kappa shape index (κ1) is 12.1. The van der Waals surface area contributed by atoms with Gasteiger partial charge >= 0.3 is 0 Å². The number of nitrogens with zero attached hydrogens (tertiary/aromatic N) is 3. The maximum atomic E-state index is 4.66. The van der Waals surface area contributed by atoms with Gasteiger partial charge in [-0.25, -0.2) is 4.98 Å². The fourth-order valence-corrected chi connectivity index (χ4v) is 2.98. The smallest absolute Gasteiger partial charge is 0.126 e. The maximum Gasteiger partial charge on any atom is 0.126 e. The molecular weight excluding hydrogens is 274 g/mol. The van der Waals surface area contributed by atoms with Crippen LogP contribution in [0.15, 0.2) is 41.7 Å². The van der Waals surface area contributed by atoms with Crippen molar-refractivity contribution in [3.63, 3.8) is 0 Å². The van der Waals surface area contributed by atoms with Gasteiger partial charge in [-0.3, -0.25) is 4.98 Å². The molecule has 5 heteroatoms. The van der Waals surface area contributed by atoms with Crippen LogP contribution in [-0.4, -0.2) is 15.1 Å². The number of fused-ring (bicyclic) bond motifs is 1. The van der Waals surface area contributed by atoms with Gasteiger partial charge in [0.05, 0.1) is 21.1 Å². The number of rotatable bonds is 2. The molecule has 0 amide bonds. The van der Waals surface area contributed by atoms with Gasteiger partial charge in [0, 0.05) is 18.0 Å². The van der Waals surface area contributed by atoms with Crippen LogP contribution in [0.2, 0.25) is 0 Å². The molecule has 3 rings (SSSR count). The zero-order valence-corrected chi connectivity index (χ0v) is 11.8. The fourth-order valence-electron chi connectivity index (χ4n) is 1.85. The van der Waals surface area contributed by atoms with E-state index in [0.29, 0.717) is 0 Å². The lowest BCUT2D eigenvalue weighted by molar-refractivity contribution is 1.32. The first-order chi connectivity index (χ1) is 9.28. The number of isothiocyanates is 1. The average Bonchev–Trinajstić information content (AvgIpc) is 2.83. The zero-order valence-electron chi connectivity index (χ0n) is 10.1. The molecular formula is C14H9N3S2. The van der Waals surface area contributed by atoms with Crippen LogP contribution in [0.1, 0.15) is 5.56 Å². The van der Waals surface area contributed by atoms with Gasteiger partial charge in [-0.05, 0) is 49.0 Å². The molecule has 19 heavy (non-hydrogen) atoms. The molecule has 0 spiro atoms. The summed E-state index contributed by atoms with van der Waals surface area (Å²) in [6.45, 7) is 2.01. The highest BCUT2D eigenvalue weighted by atomic mass is 32.1. The molecule has 0 aliphatic carbocycles. The molecule has 0 radical (unpaired) electrons. The van der Waals surface area contributed by atoms with Crippen molar-refractivity contribution in [2.45, 2.75) is 6.92 Å². The van der Waals surface area contributed by atoms with E-state index in [9.17, 15) is 0 Å². The van der Waals surface area contributed by atoms with Crippen molar-refractivity contribution in [2.75, 3.05) is 0 Å². The van der Waals surface area contributed by atoms with Gasteiger partial charge < -0.3 is 0 Å². The maximum absolute atomic E-state index is 4.66. The lowest BCUT2D eigenvalue weighted by Crippen LogP contribution is -1.77. The van der Waals surface area contributed by atoms with E-state index in [1.54, 1.807) is 17.5 Å². The first-order valence-electron chi connectivity index (χ1n) is 5.67. The predicted octanol–water partition coefficient (Wildman–Crippen LogP) is 4.40. The minimum Gasteiger partial charge on any atom is -0.264 e. The average molecular weight is 283 g/mol. The number of pyridine rings is 1. The lowest BCUT2D eigenvalue weighted by Gasteiger charge is -1.96. The van der Waals surface area contributed by atoms with Crippen molar-refractivity contribution in [1.82, 2.24) is 9.97 Å². The minimum absolute atomic E-state index is 0.825. The Morgan fingerprint density at radius 3 is 3.00 bits per heavy atom. The summed E-state index contributed by atoms with van der Waals surface area (Å²) >= 11 is 6.31. The minimum atomic E-state index is 0.825. The van der Waals surface area contributed by atoms with Gasteiger partial charge in [-0.15, -0.1) is 11.3 Å². The van der Waals surface area contributed by atoms with Gasteiger partial charge in [0.2, 0.25) is 0 Å². The molecule has 0 aliphatic heterocycles. The van der Waals surface area contributed by atoms with Gasteiger partial charge in [0.25, 0.3) is 0 Å². The van der Waals surface area contributed by atoms with Gasteiger partial charge in [0.15, 0.2) is 0 Å². The van der Waals surface area contributed by atoms with Gasteiger partial charge in [-0.2, -0.15) is 4.99 Å². The summed E-state index contributed by atoms with van der Waals surface area (Å²) in [6, 6.07) is 7.95. The Morgan fingerprint density at radius 1 is 1.37 bits per heavy atom. The third-order valence-corrected chi connectivity index (χ3v) is 3.94. The van der Waals surface area contributed by atoms with Crippen molar-refractivity contribution < 1.29 is 0 Å². The third-order valence-electron chi connectivity index (χ3n) is 2.78. The third kappa shape index (κ3) is 2.31. The van der Waals surface area contributed by atoms with Crippen molar-refractivity contribution >= 4 is 44.6 Å². The highest BCUT2D eigenvalue weighted by molar-refractivity contribution is 7.78. The molecule has 0 saturated heterocycles. The molecule has 0 aliphatic rings. The molecule has 3 aromatic rings. The van der Waals surface area contributed by atoms with E-state index in [0.717, 1.165) is 32.0 Å². The van der Waals surface area contributed by atoms with Crippen LogP contribution in [0.5, 0.6) is 0 Å². The van der Waals surface area contributed by atoms with E-state index in [1.807, 2.05) is 31.3 Å². The molecule has 3 nitrogen and oxygen atoms in total. The molecule has 0 atom stereocenters. The Balaban J connectivity index is 2.19. The van der Waals surface area contributed by atoms with Crippen LogP contribution in [0, 0.1) is 6.92 Å². The number of aryl methyl sites for hydroxylation is 1. The van der Waals surface area contributed by atoms with Crippen molar-refractivity contribution in [1.29, 1.82) is 0 Å². The fraction of sp³-hybridized carbons (Fsp3) is 0.0714. The summed E-state index contributed by atoms with van der Waals surface area (Å²) in [6.07, 6.45) is 3.58. The highest BCUT2D eigenvalue weighted by Gasteiger charge is 2.08. The summed E-state index contributed by atoms with van der Waals surface area (Å²) in [7, 11) is 0. The molecule has 0 unspecified atom stereocenters. The summed E-state index contributed by atoms with van der Waals surface area (Å²) in [4.78, 5) is 12.8. The molecule has 0 saturated carbocycles. The number of benzene rings is 1. The summed E-state index contributed by atoms with van der Waals surface area (Å²) in [5.74, 6) is 0. The molecule has 1 aromatic carbocycles. The van der Waals surface area contributed by atoms with Crippen LogP contribution < -0.4 is 0 Å². The van der Waals surface area contributed by atoms with Crippen LogP contribution in [-0.2, 0) is 0 Å². The SMILES string of the molecule is Cc1cc2sc(-c3cccnc3)nc2cc1N=C=S. The molecule has 0 fully saturated rings. The second kappa shape index (κ2) is 4.97. The second-order valence-electron chi connectivity index (χ2n) is 4.07.